The van der Waals surface area contributed by atoms with Crippen LogP contribution in [-0.4, -0.2) is 44.4 Å². The van der Waals surface area contributed by atoms with Crippen LogP contribution >= 0.6 is 0 Å². The predicted molar refractivity (Wildman–Crippen MR) is 71.0 cm³/mol. The minimum atomic E-state index is 0.776. The van der Waals surface area contributed by atoms with Gasteiger partial charge in [-0.2, -0.15) is 0 Å². The second kappa shape index (κ2) is 4.88. The molecular weight excluding hydrogens is 212 g/mol. The van der Waals surface area contributed by atoms with Crippen molar-refractivity contribution in [3.63, 3.8) is 0 Å². The smallest absolute Gasteiger partial charge is 0.150 e. The van der Waals surface area contributed by atoms with Crippen molar-refractivity contribution in [1.29, 1.82) is 0 Å². The molecule has 92 valence electrons. The molecule has 17 heavy (non-hydrogen) atoms. The molecule has 0 amide bonds. The van der Waals surface area contributed by atoms with Crippen LogP contribution in [0.1, 0.15) is 21.5 Å². The fraction of sp³-hybridized carbons (Fsp3) is 0.500. The lowest BCUT2D eigenvalue weighted by Crippen LogP contribution is -2.45. The molecule has 1 aromatic rings. The van der Waals surface area contributed by atoms with Crippen LogP contribution in [0.5, 0.6) is 0 Å². The molecule has 1 fully saturated rings. The van der Waals surface area contributed by atoms with Gasteiger partial charge in [-0.1, -0.05) is 0 Å². The van der Waals surface area contributed by atoms with E-state index in [1.54, 1.807) is 0 Å². The summed E-state index contributed by atoms with van der Waals surface area (Å²) in [5, 5.41) is 0. The monoisotopic (exact) mass is 232 g/mol. The molecule has 0 aliphatic carbocycles. The van der Waals surface area contributed by atoms with Gasteiger partial charge in [0.2, 0.25) is 0 Å². The second-order valence-corrected chi connectivity index (χ2v) is 4.91. The summed E-state index contributed by atoms with van der Waals surface area (Å²) in [5.41, 5.74) is 4.50. The predicted octanol–water partition coefficient (Wildman–Crippen LogP) is 1.87. The second-order valence-electron chi connectivity index (χ2n) is 4.91. The van der Waals surface area contributed by atoms with Crippen molar-refractivity contribution < 1.29 is 4.79 Å². The van der Waals surface area contributed by atoms with Gasteiger partial charge in [-0.25, -0.2) is 0 Å². The maximum atomic E-state index is 10.8. The summed E-state index contributed by atoms with van der Waals surface area (Å²) in [6, 6.07) is 3.96. The van der Waals surface area contributed by atoms with Gasteiger partial charge in [0.25, 0.3) is 0 Å². The summed E-state index contributed by atoms with van der Waals surface area (Å²) in [5.74, 6) is 0. The fourth-order valence-corrected chi connectivity index (χ4v) is 2.59. The van der Waals surface area contributed by atoms with E-state index in [0.717, 1.165) is 38.0 Å². The van der Waals surface area contributed by atoms with E-state index in [-0.39, 0.29) is 0 Å². The summed E-state index contributed by atoms with van der Waals surface area (Å²) in [6.07, 6.45) is 0.924. The van der Waals surface area contributed by atoms with E-state index >= 15 is 0 Å². The number of aryl methyl sites for hydroxylation is 2. The van der Waals surface area contributed by atoms with Gasteiger partial charge in [-0.15, -0.1) is 0 Å². The Labute approximate surface area is 103 Å². The van der Waals surface area contributed by atoms with Gasteiger partial charge in [0, 0.05) is 37.4 Å². The molecule has 0 bridgehead atoms. The summed E-state index contributed by atoms with van der Waals surface area (Å²) in [6.45, 7) is 8.53. The van der Waals surface area contributed by atoms with E-state index in [4.69, 9.17) is 0 Å². The molecule has 0 N–H and O–H groups in total. The number of hydrogen-bond acceptors (Lipinski definition) is 3. The third-order valence-corrected chi connectivity index (χ3v) is 3.47. The highest BCUT2D eigenvalue weighted by atomic mass is 16.1. The molecule has 0 unspecified atom stereocenters. The molecule has 0 aromatic heterocycles. The van der Waals surface area contributed by atoms with Crippen LogP contribution in [0.3, 0.4) is 0 Å². The number of carbonyl (C=O) groups excluding carboxylic acids is 1. The highest BCUT2D eigenvalue weighted by molar-refractivity contribution is 5.78. The standard InChI is InChI=1S/C14H20N2O/c1-11-8-13(10-17)9-12(2)14(11)16-6-4-15(3)5-7-16/h8-10H,4-7H2,1-3H3. The third-order valence-electron chi connectivity index (χ3n) is 3.47. The molecule has 0 radical (unpaired) electrons. The first-order valence-corrected chi connectivity index (χ1v) is 6.11. The summed E-state index contributed by atoms with van der Waals surface area (Å²) < 4.78 is 0. The van der Waals surface area contributed by atoms with Crippen molar-refractivity contribution >= 4 is 12.0 Å². The van der Waals surface area contributed by atoms with Crippen molar-refractivity contribution in [2.24, 2.45) is 0 Å². The number of carbonyl (C=O) groups is 1. The molecule has 3 nitrogen and oxygen atoms in total. The SMILES string of the molecule is Cc1cc(C=O)cc(C)c1N1CCN(C)CC1. The van der Waals surface area contributed by atoms with Crippen LogP contribution < -0.4 is 4.90 Å². The topological polar surface area (TPSA) is 23.6 Å². The van der Waals surface area contributed by atoms with Crippen LogP contribution in [0.15, 0.2) is 12.1 Å². The zero-order chi connectivity index (χ0) is 12.4. The molecule has 0 saturated carbocycles. The van der Waals surface area contributed by atoms with E-state index in [1.165, 1.54) is 16.8 Å². The normalized spacial score (nSPS) is 17.2. The number of likely N-dealkylation sites (N-methyl/N-ethyl adjacent to an activating group) is 1. The highest BCUT2D eigenvalue weighted by Gasteiger charge is 2.17. The van der Waals surface area contributed by atoms with Crippen molar-refractivity contribution in [3.05, 3.63) is 28.8 Å². The van der Waals surface area contributed by atoms with Crippen LogP contribution in [0.2, 0.25) is 0 Å². The molecule has 0 spiro atoms. The highest BCUT2D eigenvalue weighted by Crippen LogP contribution is 2.26. The quantitative estimate of drug-likeness (QED) is 0.727. The Morgan fingerprint density at radius 2 is 1.59 bits per heavy atom. The Balaban J connectivity index is 2.29. The van der Waals surface area contributed by atoms with Gasteiger partial charge in [0.1, 0.15) is 6.29 Å². The maximum Gasteiger partial charge on any atom is 0.150 e. The Kier molecular flexibility index (Phi) is 3.48. The zero-order valence-corrected chi connectivity index (χ0v) is 10.9. The number of hydrogen-bond donors (Lipinski definition) is 0. The number of anilines is 1. The average Bonchev–Trinajstić information content (AvgIpc) is 2.30. The summed E-state index contributed by atoms with van der Waals surface area (Å²) in [7, 11) is 2.16. The van der Waals surface area contributed by atoms with Crippen molar-refractivity contribution in [2.45, 2.75) is 13.8 Å². The van der Waals surface area contributed by atoms with E-state index in [0.29, 0.717) is 0 Å². The maximum absolute atomic E-state index is 10.8. The van der Waals surface area contributed by atoms with E-state index < -0.39 is 0 Å². The van der Waals surface area contributed by atoms with Gasteiger partial charge in [0.05, 0.1) is 0 Å². The lowest BCUT2D eigenvalue weighted by Gasteiger charge is -2.36. The molecule has 1 aromatic carbocycles. The lowest BCUT2D eigenvalue weighted by molar-refractivity contribution is 0.112. The van der Waals surface area contributed by atoms with Gasteiger partial charge in [-0.05, 0) is 44.2 Å². The molecular formula is C14H20N2O. The summed E-state index contributed by atoms with van der Waals surface area (Å²) in [4.78, 5) is 15.6. The molecule has 1 heterocycles. The van der Waals surface area contributed by atoms with Crippen LogP contribution in [0, 0.1) is 13.8 Å². The van der Waals surface area contributed by atoms with Gasteiger partial charge in [0.15, 0.2) is 0 Å². The first-order chi connectivity index (χ1) is 8.11. The van der Waals surface area contributed by atoms with E-state index in [2.05, 4.69) is 30.7 Å². The first kappa shape index (κ1) is 12.1. The number of piperazine rings is 1. The summed E-state index contributed by atoms with van der Waals surface area (Å²) >= 11 is 0. The van der Waals surface area contributed by atoms with Gasteiger partial charge < -0.3 is 9.80 Å². The zero-order valence-electron chi connectivity index (χ0n) is 10.9. The van der Waals surface area contributed by atoms with Crippen LogP contribution in [-0.2, 0) is 0 Å². The van der Waals surface area contributed by atoms with Gasteiger partial charge in [-0.3, -0.25) is 4.79 Å². The molecule has 2 rings (SSSR count). The average molecular weight is 232 g/mol. The third kappa shape index (κ3) is 2.50. The molecule has 1 saturated heterocycles. The molecule has 1 aliphatic rings. The first-order valence-electron chi connectivity index (χ1n) is 6.11. The Bertz CT molecular complexity index is 397. The number of aldehydes is 1. The molecule has 0 atom stereocenters. The van der Waals surface area contributed by atoms with Crippen molar-refractivity contribution in [3.8, 4) is 0 Å². The minimum Gasteiger partial charge on any atom is -0.369 e. The number of benzene rings is 1. The molecule has 3 heteroatoms. The lowest BCUT2D eigenvalue weighted by atomic mass is 10.0. The fourth-order valence-electron chi connectivity index (χ4n) is 2.59. The van der Waals surface area contributed by atoms with Crippen LogP contribution in [0.4, 0.5) is 5.69 Å². The Hall–Kier alpha value is -1.35. The number of rotatable bonds is 2. The largest absolute Gasteiger partial charge is 0.369 e. The van der Waals surface area contributed by atoms with Gasteiger partial charge >= 0.3 is 0 Å². The van der Waals surface area contributed by atoms with Crippen molar-refractivity contribution in [2.75, 3.05) is 38.1 Å². The van der Waals surface area contributed by atoms with E-state index in [9.17, 15) is 4.79 Å². The number of nitrogens with zero attached hydrogens (tertiary/aromatic N) is 2. The Morgan fingerprint density at radius 1 is 1.06 bits per heavy atom. The molecule has 1 aliphatic heterocycles. The minimum absolute atomic E-state index is 0.776. The Morgan fingerprint density at radius 3 is 2.06 bits per heavy atom. The van der Waals surface area contributed by atoms with E-state index in [1.807, 2.05) is 12.1 Å². The van der Waals surface area contributed by atoms with Crippen molar-refractivity contribution in [1.82, 2.24) is 4.90 Å². The van der Waals surface area contributed by atoms with Crippen LogP contribution in [0.25, 0.3) is 0 Å².